The van der Waals surface area contributed by atoms with Crippen LogP contribution < -0.4 is 11.5 Å². The number of hydrogen-bond donors (Lipinski definition) is 3. The summed E-state index contributed by atoms with van der Waals surface area (Å²) in [5.41, 5.74) is 8.32. The van der Waals surface area contributed by atoms with Gasteiger partial charge in [-0.15, -0.1) is 0 Å². The van der Waals surface area contributed by atoms with E-state index in [9.17, 15) is 23.5 Å². The fourth-order valence-corrected chi connectivity index (χ4v) is 2.71. The molecule has 2 aromatic rings. The van der Waals surface area contributed by atoms with E-state index in [1.165, 1.54) is 24.4 Å². The number of hydrogen-bond acceptors (Lipinski definition) is 6. The Morgan fingerprint density at radius 1 is 1.29 bits per heavy atom. The van der Waals surface area contributed by atoms with Gasteiger partial charge in [0.1, 0.15) is 5.69 Å². The standard InChI is InChI=1S/C19H22F2N4O3/c1-9(2)6-14(26)15-16(22)24-8-13(25-15)12-7-11(5-4-10(12)3)19(28,17(20)21)18(23)27/h4-5,7-9,17,28H,6H2,1-3H3,(H2,22,24)(H2,23,27). The first-order chi connectivity index (χ1) is 13.0. The summed E-state index contributed by atoms with van der Waals surface area (Å²) >= 11 is 0. The highest BCUT2D eigenvalue weighted by Crippen LogP contribution is 2.33. The SMILES string of the molecule is Cc1ccc(C(O)(C(N)=O)C(F)F)cc1-c1cnc(N)c(C(=O)CC(C)C)n1. The number of Topliss-reactive ketones (excluding diaryl/α,β-unsaturated/α-hetero) is 1. The van der Waals surface area contributed by atoms with Crippen molar-refractivity contribution in [2.45, 2.75) is 39.2 Å². The number of alkyl halides is 2. The minimum absolute atomic E-state index is 0.0185. The first-order valence-electron chi connectivity index (χ1n) is 8.56. The summed E-state index contributed by atoms with van der Waals surface area (Å²) in [6, 6.07) is 3.81. The molecule has 1 heterocycles. The molecule has 150 valence electrons. The van der Waals surface area contributed by atoms with E-state index in [-0.39, 0.29) is 40.9 Å². The molecule has 1 unspecified atom stereocenters. The molecule has 0 saturated carbocycles. The smallest absolute Gasteiger partial charge is 0.280 e. The zero-order valence-corrected chi connectivity index (χ0v) is 15.7. The van der Waals surface area contributed by atoms with Crippen LogP contribution in [0.3, 0.4) is 0 Å². The molecule has 5 N–H and O–H groups in total. The fourth-order valence-electron chi connectivity index (χ4n) is 2.71. The maximum atomic E-state index is 13.4. The normalized spacial score (nSPS) is 13.6. The lowest BCUT2D eigenvalue weighted by molar-refractivity contribution is -0.156. The molecule has 1 amide bonds. The summed E-state index contributed by atoms with van der Waals surface area (Å²) < 4.78 is 26.7. The Hall–Kier alpha value is -2.94. The van der Waals surface area contributed by atoms with Gasteiger partial charge < -0.3 is 16.6 Å². The molecule has 7 nitrogen and oxygen atoms in total. The second-order valence-electron chi connectivity index (χ2n) is 6.97. The first-order valence-corrected chi connectivity index (χ1v) is 8.56. The van der Waals surface area contributed by atoms with Crippen LogP contribution in [0.15, 0.2) is 24.4 Å². The van der Waals surface area contributed by atoms with E-state index in [1.54, 1.807) is 6.92 Å². The van der Waals surface area contributed by atoms with Gasteiger partial charge in [-0.1, -0.05) is 26.0 Å². The summed E-state index contributed by atoms with van der Waals surface area (Å²) in [4.78, 5) is 32.1. The predicted molar refractivity (Wildman–Crippen MR) is 99.5 cm³/mol. The van der Waals surface area contributed by atoms with Crippen molar-refractivity contribution in [1.82, 2.24) is 9.97 Å². The number of carbonyl (C=O) groups is 2. The van der Waals surface area contributed by atoms with Gasteiger partial charge in [-0.05, 0) is 30.0 Å². The van der Waals surface area contributed by atoms with Crippen LogP contribution in [-0.2, 0) is 10.4 Å². The van der Waals surface area contributed by atoms with Crippen LogP contribution in [0.2, 0.25) is 0 Å². The Kier molecular flexibility index (Phi) is 6.08. The van der Waals surface area contributed by atoms with E-state index < -0.39 is 17.9 Å². The number of rotatable bonds is 7. The monoisotopic (exact) mass is 392 g/mol. The molecule has 0 aliphatic heterocycles. The molecule has 1 atom stereocenters. The molecular formula is C19H22F2N4O3. The molecule has 0 radical (unpaired) electrons. The Morgan fingerprint density at radius 3 is 2.46 bits per heavy atom. The van der Waals surface area contributed by atoms with E-state index in [2.05, 4.69) is 9.97 Å². The number of aliphatic hydroxyl groups is 1. The average molecular weight is 392 g/mol. The zero-order valence-electron chi connectivity index (χ0n) is 15.7. The predicted octanol–water partition coefficient (Wildman–Crippen LogP) is 2.20. The first kappa shape index (κ1) is 21.4. The second kappa shape index (κ2) is 7.97. The van der Waals surface area contributed by atoms with Crippen LogP contribution in [0.4, 0.5) is 14.6 Å². The Morgan fingerprint density at radius 2 is 1.93 bits per heavy atom. The van der Waals surface area contributed by atoms with Crippen molar-refractivity contribution in [3.8, 4) is 11.3 Å². The van der Waals surface area contributed by atoms with E-state index in [0.29, 0.717) is 11.1 Å². The highest BCUT2D eigenvalue weighted by molar-refractivity contribution is 5.98. The quantitative estimate of drug-likeness (QED) is 0.619. The van der Waals surface area contributed by atoms with Crippen molar-refractivity contribution in [1.29, 1.82) is 0 Å². The molecule has 2 rings (SSSR count). The molecule has 0 saturated heterocycles. The van der Waals surface area contributed by atoms with Crippen molar-refractivity contribution in [2.75, 3.05) is 5.73 Å². The van der Waals surface area contributed by atoms with Gasteiger partial charge in [0.05, 0.1) is 11.9 Å². The van der Waals surface area contributed by atoms with Crippen molar-refractivity contribution >= 4 is 17.5 Å². The average Bonchev–Trinajstić information content (AvgIpc) is 2.61. The molecule has 0 aliphatic carbocycles. The van der Waals surface area contributed by atoms with Crippen LogP contribution in [0.25, 0.3) is 11.3 Å². The van der Waals surface area contributed by atoms with Gasteiger partial charge >= 0.3 is 0 Å². The number of primary amides is 1. The highest BCUT2D eigenvalue weighted by atomic mass is 19.3. The molecular weight excluding hydrogens is 370 g/mol. The van der Waals surface area contributed by atoms with Gasteiger partial charge in [-0.2, -0.15) is 0 Å². The number of ketones is 1. The second-order valence-corrected chi connectivity index (χ2v) is 6.97. The zero-order chi connectivity index (χ0) is 21.2. The minimum Gasteiger partial charge on any atom is -0.382 e. The van der Waals surface area contributed by atoms with Crippen LogP contribution >= 0.6 is 0 Å². The largest absolute Gasteiger partial charge is 0.382 e. The number of aryl methyl sites for hydroxylation is 1. The van der Waals surface area contributed by atoms with Crippen LogP contribution in [-0.4, -0.2) is 33.2 Å². The summed E-state index contributed by atoms with van der Waals surface area (Å²) in [7, 11) is 0. The molecule has 0 spiro atoms. The van der Waals surface area contributed by atoms with Crippen LogP contribution in [0.5, 0.6) is 0 Å². The third kappa shape index (κ3) is 3.99. The summed E-state index contributed by atoms with van der Waals surface area (Å²) in [6.07, 6.45) is -1.92. The van der Waals surface area contributed by atoms with Crippen molar-refractivity contribution in [3.63, 3.8) is 0 Å². The third-order valence-electron chi connectivity index (χ3n) is 4.30. The number of aromatic nitrogens is 2. The summed E-state index contributed by atoms with van der Waals surface area (Å²) in [5, 5.41) is 10.2. The Balaban J connectivity index is 2.60. The van der Waals surface area contributed by atoms with E-state index >= 15 is 0 Å². The maximum Gasteiger partial charge on any atom is 0.280 e. The van der Waals surface area contributed by atoms with Gasteiger partial charge in [0.25, 0.3) is 12.3 Å². The van der Waals surface area contributed by atoms with E-state index in [4.69, 9.17) is 11.5 Å². The number of amides is 1. The molecule has 1 aromatic heterocycles. The number of nitrogen functional groups attached to an aromatic ring is 1. The number of nitrogens with zero attached hydrogens (tertiary/aromatic N) is 2. The lowest BCUT2D eigenvalue weighted by atomic mass is 9.90. The van der Waals surface area contributed by atoms with Gasteiger partial charge in [-0.3, -0.25) is 9.59 Å². The topological polar surface area (TPSA) is 132 Å². The van der Waals surface area contributed by atoms with Gasteiger partial charge in [0.2, 0.25) is 5.60 Å². The minimum atomic E-state index is -3.43. The Bertz CT molecular complexity index is 918. The number of halogens is 2. The number of nitrogens with two attached hydrogens (primary N) is 2. The van der Waals surface area contributed by atoms with Gasteiger partial charge in [0.15, 0.2) is 11.6 Å². The lowest BCUT2D eigenvalue weighted by Gasteiger charge is -2.25. The van der Waals surface area contributed by atoms with Crippen molar-refractivity contribution in [2.24, 2.45) is 11.7 Å². The highest BCUT2D eigenvalue weighted by Gasteiger charge is 2.46. The molecule has 0 aliphatic rings. The Labute approximate surface area is 160 Å². The van der Waals surface area contributed by atoms with Crippen molar-refractivity contribution < 1.29 is 23.5 Å². The third-order valence-corrected chi connectivity index (χ3v) is 4.30. The van der Waals surface area contributed by atoms with Crippen molar-refractivity contribution in [3.05, 3.63) is 41.2 Å². The van der Waals surface area contributed by atoms with Crippen LogP contribution in [0.1, 0.15) is 41.9 Å². The van der Waals surface area contributed by atoms with E-state index in [1.807, 2.05) is 13.8 Å². The summed E-state index contributed by atoms with van der Waals surface area (Å²) in [6.45, 7) is 5.42. The number of carbonyl (C=O) groups excluding carboxylic acids is 2. The van der Waals surface area contributed by atoms with E-state index in [0.717, 1.165) is 0 Å². The molecule has 0 bridgehead atoms. The number of benzene rings is 1. The van der Waals surface area contributed by atoms with Gasteiger partial charge in [-0.25, -0.2) is 18.7 Å². The summed E-state index contributed by atoms with van der Waals surface area (Å²) in [5.74, 6) is -1.83. The van der Waals surface area contributed by atoms with Crippen LogP contribution in [0, 0.1) is 12.8 Å². The fraction of sp³-hybridized carbons (Fsp3) is 0.368. The number of anilines is 1. The molecule has 1 aromatic carbocycles. The molecule has 0 fully saturated rings. The lowest BCUT2D eigenvalue weighted by Crippen LogP contribution is -2.47. The van der Waals surface area contributed by atoms with Gasteiger partial charge in [0, 0.05) is 12.0 Å². The maximum absolute atomic E-state index is 13.4. The molecule has 28 heavy (non-hydrogen) atoms. The molecule has 9 heteroatoms.